The first-order valence-corrected chi connectivity index (χ1v) is 10.8. The van der Waals surface area contributed by atoms with E-state index in [-0.39, 0.29) is 36.7 Å². The Bertz CT molecular complexity index is 471. The highest BCUT2D eigenvalue weighted by Crippen LogP contribution is 2.28. The zero-order chi connectivity index (χ0) is 19.2. The lowest BCUT2D eigenvalue weighted by Crippen LogP contribution is -2.54. The number of nitrogens with one attached hydrogen (secondary N) is 3. The summed E-state index contributed by atoms with van der Waals surface area (Å²) < 4.78 is 19.4. The monoisotopic (exact) mass is 405 g/mol. The molecule has 0 aromatic carbocycles. The van der Waals surface area contributed by atoms with E-state index in [1.807, 2.05) is 0 Å². The Kier molecular flexibility index (Phi) is 8.14. The van der Waals surface area contributed by atoms with Crippen molar-refractivity contribution in [2.24, 2.45) is 11.8 Å². The van der Waals surface area contributed by atoms with Crippen LogP contribution < -0.4 is 16.0 Å². The Balaban J connectivity index is 1.30. The topological polar surface area (TPSA) is 82.6 Å². The number of aliphatic hydroxyl groups is 1. The summed E-state index contributed by atoms with van der Waals surface area (Å²) in [5.74, 6) is 0.476. The maximum Gasteiger partial charge on any atom is 0.225 e. The van der Waals surface area contributed by atoms with Gasteiger partial charge in [-0.3, -0.25) is 10.1 Å². The van der Waals surface area contributed by atoms with E-state index in [4.69, 9.17) is 21.4 Å². The SMILES string of the molecule is O=C(NC1CCC(COC2CCC(F)C(Cl)C2)CN1)C1CCC(CO)NC1. The van der Waals surface area contributed by atoms with Crippen LogP contribution in [0.5, 0.6) is 0 Å². The van der Waals surface area contributed by atoms with Gasteiger partial charge in [-0.15, -0.1) is 11.6 Å². The van der Waals surface area contributed by atoms with E-state index in [2.05, 4.69) is 16.0 Å². The molecule has 1 saturated carbocycles. The van der Waals surface area contributed by atoms with E-state index in [0.29, 0.717) is 31.9 Å². The molecule has 6 nitrogen and oxygen atoms in total. The second-order valence-electron chi connectivity index (χ2n) is 8.28. The molecule has 8 heteroatoms. The molecule has 27 heavy (non-hydrogen) atoms. The van der Waals surface area contributed by atoms with Crippen molar-refractivity contribution in [1.29, 1.82) is 0 Å². The van der Waals surface area contributed by atoms with E-state index >= 15 is 0 Å². The van der Waals surface area contributed by atoms with E-state index in [1.54, 1.807) is 0 Å². The van der Waals surface area contributed by atoms with E-state index < -0.39 is 11.5 Å². The molecule has 0 radical (unpaired) electrons. The van der Waals surface area contributed by atoms with Gasteiger partial charge >= 0.3 is 0 Å². The summed E-state index contributed by atoms with van der Waals surface area (Å²) >= 11 is 6.01. The summed E-state index contributed by atoms with van der Waals surface area (Å²) in [7, 11) is 0. The molecule has 2 heterocycles. The molecule has 0 aromatic rings. The lowest BCUT2D eigenvalue weighted by atomic mass is 9.93. The molecule has 3 aliphatic rings. The van der Waals surface area contributed by atoms with Crippen molar-refractivity contribution in [1.82, 2.24) is 16.0 Å². The molecule has 1 aliphatic carbocycles. The number of halogens is 2. The van der Waals surface area contributed by atoms with Crippen LogP contribution in [0.4, 0.5) is 4.39 Å². The third-order valence-corrected chi connectivity index (χ3v) is 6.60. The number of carbonyl (C=O) groups is 1. The van der Waals surface area contributed by atoms with Gasteiger partial charge in [-0.2, -0.15) is 0 Å². The highest BCUT2D eigenvalue weighted by Gasteiger charge is 2.31. The van der Waals surface area contributed by atoms with Crippen molar-refractivity contribution in [2.45, 2.75) is 74.8 Å². The predicted molar refractivity (Wildman–Crippen MR) is 102 cm³/mol. The Labute approximate surface area is 165 Å². The first-order chi connectivity index (χ1) is 13.0. The fraction of sp³-hybridized carbons (Fsp3) is 0.947. The van der Waals surface area contributed by atoms with Crippen molar-refractivity contribution >= 4 is 17.5 Å². The number of amides is 1. The van der Waals surface area contributed by atoms with Gasteiger partial charge in [0.25, 0.3) is 0 Å². The van der Waals surface area contributed by atoms with Crippen molar-refractivity contribution in [3.63, 3.8) is 0 Å². The van der Waals surface area contributed by atoms with Crippen LogP contribution in [-0.2, 0) is 9.53 Å². The van der Waals surface area contributed by atoms with Gasteiger partial charge in [-0.1, -0.05) is 0 Å². The molecule has 0 spiro atoms. The summed E-state index contributed by atoms with van der Waals surface area (Å²) in [5.41, 5.74) is 0. The third-order valence-electron chi connectivity index (χ3n) is 6.15. The summed E-state index contributed by atoms with van der Waals surface area (Å²) in [4.78, 5) is 12.4. The van der Waals surface area contributed by atoms with E-state index in [0.717, 1.165) is 38.6 Å². The van der Waals surface area contributed by atoms with Gasteiger partial charge in [0, 0.05) is 19.1 Å². The average molecular weight is 406 g/mol. The third kappa shape index (κ3) is 6.26. The summed E-state index contributed by atoms with van der Waals surface area (Å²) in [6.45, 7) is 2.23. The fourth-order valence-corrected chi connectivity index (χ4v) is 4.56. The van der Waals surface area contributed by atoms with Gasteiger partial charge in [0.2, 0.25) is 5.91 Å². The smallest absolute Gasteiger partial charge is 0.225 e. The number of hydrogen-bond donors (Lipinski definition) is 4. The maximum atomic E-state index is 13.4. The van der Waals surface area contributed by atoms with Gasteiger partial charge in [-0.25, -0.2) is 4.39 Å². The lowest BCUT2D eigenvalue weighted by molar-refractivity contribution is -0.127. The zero-order valence-electron chi connectivity index (χ0n) is 15.8. The number of ether oxygens (including phenoxy) is 1. The van der Waals surface area contributed by atoms with Crippen molar-refractivity contribution in [3.8, 4) is 0 Å². The van der Waals surface area contributed by atoms with Crippen molar-refractivity contribution < 1.29 is 19.0 Å². The van der Waals surface area contributed by atoms with E-state index in [9.17, 15) is 9.18 Å². The van der Waals surface area contributed by atoms with Crippen LogP contribution in [0, 0.1) is 11.8 Å². The number of carbonyl (C=O) groups excluding carboxylic acids is 1. The normalized spacial score (nSPS) is 40.5. The van der Waals surface area contributed by atoms with Crippen LogP contribution in [-0.4, -0.2) is 67.2 Å². The number of rotatable bonds is 6. The van der Waals surface area contributed by atoms with Gasteiger partial charge < -0.3 is 20.5 Å². The number of hydrogen-bond acceptors (Lipinski definition) is 5. The molecule has 7 atom stereocenters. The quantitative estimate of drug-likeness (QED) is 0.501. The number of aliphatic hydroxyl groups excluding tert-OH is 1. The molecule has 1 amide bonds. The van der Waals surface area contributed by atoms with Gasteiger partial charge in [-0.05, 0) is 50.9 Å². The van der Waals surface area contributed by atoms with Crippen LogP contribution >= 0.6 is 11.6 Å². The molecular formula is C19H33ClFN3O3. The lowest BCUT2D eigenvalue weighted by Gasteiger charge is -2.34. The van der Waals surface area contributed by atoms with E-state index in [1.165, 1.54) is 0 Å². The Hall–Kier alpha value is -0.470. The first kappa shape index (κ1) is 21.2. The molecule has 4 N–H and O–H groups in total. The molecule has 2 saturated heterocycles. The highest BCUT2D eigenvalue weighted by molar-refractivity contribution is 6.21. The second-order valence-corrected chi connectivity index (χ2v) is 8.84. The summed E-state index contributed by atoms with van der Waals surface area (Å²) in [5, 5.41) is 18.5. The van der Waals surface area contributed by atoms with Gasteiger partial charge in [0.05, 0.1) is 36.8 Å². The molecule has 3 rings (SSSR count). The maximum absolute atomic E-state index is 13.4. The van der Waals surface area contributed by atoms with Gasteiger partial charge in [0.15, 0.2) is 0 Å². The standard InChI is InChI=1S/C19H33ClFN3O3/c20-16-7-15(4-5-17(16)21)27-11-12-1-6-18(23-8-12)24-19(26)13-2-3-14(10-25)22-9-13/h12-18,22-23,25H,1-11H2,(H,24,26). The average Bonchev–Trinajstić information content (AvgIpc) is 2.70. The summed E-state index contributed by atoms with van der Waals surface area (Å²) in [6.07, 6.45) is 4.54. The Morgan fingerprint density at radius 3 is 2.63 bits per heavy atom. The molecule has 0 bridgehead atoms. The largest absolute Gasteiger partial charge is 0.395 e. The fourth-order valence-electron chi connectivity index (χ4n) is 4.23. The van der Waals surface area contributed by atoms with Crippen molar-refractivity contribution in [2.75, 3.05) is 26.3 Å². The number of alkyl halides is 2. The summed E-state index contributed by atoms with van der Waals surface area (Å²) in [6, 6.07) is 0.122. The molecule has 156 valence electrons. The minimum atomic E-state index is -0.902. The van der Waals surface area contributed by atoms with Crippen molar-refractivity contribution in [3.05, 3.63) is 0 Å². The molecule has 2 aliphatic heterocycles. The van der Waals surface area contributed by atoms with Crippen LogP contribution in [0.2, 0.25) is 0 Å². The highest BCUT2D eigenvalue weighted by atomic mass is 35.5. The Morgan fingerprint density at radius 2 is 2.00 bits per heavy atom. The van der Waals surface area contributed by atoms with Crippen LogP contribution in [0.15, 0.2) is 0 Å². The first-order valence-electron chi connectivity index (χ1n) is 10.3. The van der Waals surface area contributed by atoms with Crippen LogP contribution in [0.3, 0.4) is 0 Å². The van der Waals surface area contributed by atoms with Gasteiger partial charge in [0.1, 0.15) is 6.17 Å². The molecule has 7 unspecified atom stereocenters. The minimum absolute atomic E-state index is 0.0125. The van der Waals surface area contributed by atoms with Crippen LogP contribution in [0.1, 0.15) is 44.9 Å². The minimum Gasteiger partial charge on any atom is -0.395 e. The predicted octanol–water partition coefficient (Wildman–Crippen LogP) is 1.30. The Morgan fingerprint density at radius 1 is 1.15 bits per heavy atom. The molecule has 3 fully saturated rings. The van der Waals surface area contributed by atoms with Crippen LogP contribution in [0.25, 0.3) is 0 Å². The molecule has 0 aromatic heterocycles. The second kappa shape index (κ2) is 10.3. The zero-order valence-corrected chi connectivity index (χ0v) is 16.6. The number of piperidine rings is 2. The molecular weight excluding hydrogens is 373 g/mol.